The predicted molar refractivity (Wildman–Crippen MR) is 96.5 cm³/mol. The fourth-order valence-electron chi connectivity index (χ4n) is 2.12. The highest BCUT2D eigenvalue weighted by atomic mass is 16.5. The quantitative estimate of drug-likeness (QED) is 0.451. The smallest absolute Gasteiger partial charge is 0.335 e. The number of rotatable bonds is 7. The van der Waals surface area contributed by atoms with E-state index in [1.807, 2.05) is 6.07 Å². The van der Waals surface area contributed by atoms with E-state index >= 15 is 0 Å². The Morgan fingerprint density at radius 1 is 1.08 bits per heavy atom. The Morgan fingerprint density at radius 2 is 1.85 bits per heavy atom. The van der Waals surface area contributed by atoms with Crippen LogP contribution in [0.15, 0.2) is 61.2 Å². The molecule has 0 saturated heterocycles. The Labute approximate surface area is 150 Å². The van der Waals surface area contributed by atoms with E-state index in [4.69, 9.17) is 14.6 Å². The molecule has 2 aromatic rings. The van der Waals surface area contributed by atoms with Crippen molar-refractivity contribution in [3.63, 3.8) is 0 Å². The number of aliphatic hydroxyl groups is 1. The molecule has 0 aliphatic heterocycles. The number of hydrogen-bond acceptors (Lipinski definition) is 6. The highest BCUT2D eigenvalue weighted by molar-refractivity contribution is 5.88. The summed E-state index contributed by atoms with van der Waals surface area (Å²) in [5.41, 5.74) is 1.93. The van der Waals surface area contributed by atoms with Gasteiger partial charge in [-0.05, 0) is 41.5 Å². The van der Waals surface area contributed by atoms with Crippen molar-refractivity contribution in [1.82, 2.24) is 0 Å². The number of carbonyl (C=O) groups is 2. The van der Waals surface area contributed by atoms with Gasteiger partial charge >= 0.3 is 11.9 Å². The van der Waals surface area contributed by atoms with Crippen molar-refractivity contribution in [2.75, 3.05) is 13.2 Å². The largest absolute Gasteiger partial charge is 0.507 e. The van der Waals surface area contributed by atoms with Gasteiger partial charge in [-0.3, -0.25) is 0 Å². The number of carbonyl (C=O) groups excluding carboxylic acids is 2. The van der Waals surface area contributed by atoms with Gasteiger partial charge in [0.2, 0.25) is 0 Å². The molecule has 0 aliphatic rings. The van der Waals surface area contributed by atoms with Crippen molar-refractivity contribution in [1.29, 1.82) is 0 Å². The Hall–Kier alpha value is -3.38. The van der Waals surface area contributed by atoms with Crippen LogP contribution in [0.3, 0.4) is 0 Å². The summed E-state index contributed by atoms with van der Waals surface area (Å²) in [7, 11) is 0. The van der Waals surface area contributed by atoms with Crippen LogP contribution in [0.5, 0.6) is 11.5 Å². The van der Waals surface area contributed by atoms with E-state index in [0.29, 0.717) is 11.3 Å². The number of aromatic hydroxyl groups is 1. The van der Waals surface area contributed by atoms with Gasteiger partial charge in [0.25, 0.3) is 0 Å². The first-order valence-corrected chi connectivity index (χ1v) is 7.77. The van der Waals surface area contributed by atoms with E-state index in [-0.39, 0.29) is 19.0 Å². The van der Waals surface area contributed by atoms with Gasteiger partial charge in [0.05, 0.1) is 6.61 Å². The minimum absolute atomic E-state index is 0.00537. The first-order chi connectivity index (χ1) is 12.5. The third kappa shape index (κ3) is 5.32. The van der Waals surface area contributed by atoms with Gasteiger partial charge in [-0.25, -0.2) is 9.59 Å². The number of phenols is 1. The van der Waals surface area contributed by atoms with Crippen molar-refractivity contribution >= 4 is 18.0 Å². The number of ether oxygens (including phenoxy) is 2. The minimum Gasteiger partial charge on any atom is -0.507 e. The fraction of sp³-hybridized carbons (Fsp3) is 0.100. The zero-order valence-corrected chi connectivity index (χ0v) is 13.9. The minimum atomic E-state index is -0.623. The zero-order chi connectivity index (χ0) is 18.9. The summed E-state index contributed by atoms with van der Waals surface area (Å²) in [4.78, 5) is 22.8. The third-order valence-corrected chi connectivity index (χ3v) is 3.31. The summed E-state index contributed by atoms with van der Waals surface area (Å²) in [6.45, 7) is 3.00. The Morgan fingerprint density at radius 3 is 2.58 bits per heavy atom. The molecule has 2 rings (SSSR count). The maximum atomic E-state index is 11.5. The highest BCUT2D eigenvalue weighted by Gasteiger charge is 2.06. The van der Waals surface area contributed by atoms with E-state index in [2.05, 4.69) is 6.58 Å². The lowest BCUT2D eigenvalue weighted by molar-refractivity contribution is -0.138. The van der Waals surface area contributed by atoms with Gasteiger partial charge in [0.15, 0.2) is 0 Å². The molecule has 134 valence electrons. The zero-order valence-electron chi connectivity index (χ0n) is 13.9. The first-order valence-electron chi connectivity index (χ1n) is 7.77. The molecular weight excluding hydrogens is 336 g/mol. The molecule has 0 radical (unpaired) electrons. The molecule has 0 fully saturated rings. The lowest BCUT2D eigenvalue weighted by Gasteiger charge is -2.07. The normalized spacial score (nSPS) is 10.5. The molecule has 26 heavy (non-hydrogen) atoms. The van der Waals surface area contributed by atoms with Gasteiger partial charge in [-0.2, -0.15) is 0 Å². The third-order valence-electron chi connectivity index (χ3n) is 3.31. The molecule has 0 atom stereocenters. The topological polar surface area (TPSA) is 93.1 Å². The van der Waals surface area contributed by atoms with Crippen molar-refractivity contribution in [3.8, 4) is 22.6 Å². The summed E-state index contributed by atoms with van der Waals surface area (Å²) in [5.74, 6) is -0.820. The molecular formula is C20H18O6. The van der Waals surface area contributed by atoms with Crippen LogP contribution in [-0.4, -0.2) is 35.4 Å². The number of aliphatic hydroxyl groups excluding tert-OH is 1. The number of hydrogen-bond donors (Lipinski definition) is 2. The van der Waals surface area contributed by atoms with Gasteiger partial charge in [0, 0.05) is 17.7 Å². The number of benzene rings is 2. The van der Waals surface area contributed by atoms with Crippen molar-refractivity contribution < 1.29 is 29.3 Å². The molecule has 6 nitrogen and oxygen atoms in total. The molecule has 0 aromatic heterocycles. The molecule has 6 heteroatoms. The summed E-state index contributed by atoms with van der Waals surface area (Å²) in [5, 5.41) is 18.6. The van der Waals surface area contributed by atoms with Crippen molar-refractivity contribution in [2.45, 2.75) is 0 Å². The average Bonchev–Trinajstić information content (AvgIpc) is 2.65. The van der Waals surface area contributed by atoms with E-state index < -0.39 is 11.9 Å². The van der Waals surface area contributed by atoms with Crippen molar-refractivity contribution in [3.05, 3.63) is 66.8 Å². The molecule has 0 bridgehead atoms. The van der Waals surface area contributed by atoms with E-state index in [1.165, 1.54) is 12.1 Å². The molecule has 0 amide bonds. The Bertz CT molecular complexity index is 838. The second kappa shape index (κ2) is 9.19. The SMILES string of the molecule is C=CC(=O)Oc1cccc(-c2ccc(O)c(C=CC(=O)OCCO)c2)c1. The van der Waals surface area contributed by atoms with Crippen LogP contribution in [0.4, 0.5) is 0 Å². The summed E-state index contributed by atoms with van der Waals surface area (Å²) in [6.07, 6.45) is 3.66. The molecule has 0 spiro atoms. The molecule has 2 N–H and O–H groups in total. The highest BCUT2D eigenvalue weighted by Crippen LogP contribution is 2.29. The Balaban J connectivity index is 2.25. The fourth-order valence-corrected chi connectivity index (χ4v) is 2.12. The summed E-state index contributed by atoms with van der Waals surface area (Å²) in [6, 6.07) is 11.7. The molecule has 2 aromatic carbocycles. The van der Waals surface area contributed by atoms with Gasteiger partial charge in [0.1, 0.15) is 18.1 Å². The van der Waals surface area contributed by atoms with Gasteiger partial charge in [-0.15, -0.1) is 0 Å². The van der Waals surface area contributed by atoms with Gasteiger partial charge < -0.3 is 19.7 Å². The van der Waals surface area contributed by atoms with E-state index in [0.717, 1.165) is 23.3 Å². The van der Waals surface area contributed by atoms with Crippen LogP contribution in [-0.2, 0) is 14.3 Å². The lowest BCUT2D eigenvalue weighted by atomic mass is 10.0. The molecule has 0 unspecified atom stereocenters. The molecule has 0 heterocycles. The van der Waals surface area contributed by atoms with Crippen LogP contribution < -0.4 is 4.74 Å². The second-order valence-corrected chi connectivity index (χ2v) is 5.15. The summed E-state index contributed by atoms with van der Waals surface area (Å²) >= 11 is 0. The van der Waals surface area contributed by atoms with Crippen LogP contribution in [0, 0.1) is 0 Å². The number of esters is 2. The van der Waals surface area contributed by atoms with Gasteiger partial charge in [-0.1, -0.05) is 24.8 Å². The predicted octanol–water partition coefficient (Wildman–Crippen LogP) is 2.70. The first kappa shape index (κ1) is 19.0. The maximum Gasteiger partial charge on any atom is 0.335 e. The van der Waals surface area contributed by atoms with Crippen LogP contribution in [0.25, 0.3) is 17.2 Å². The van der Waals surface area contributed by atoms with E-state index in [9.17, 15) is 14.7 Å². The number of phenolic OH excluding ortho intramolecular Hbond substituents is 1. The monoisotopic (exact) mass is 354 g/mol. The van der Waals surface area contributed by atoms with Crippen LogP contribution >= 0.6 is 0 Å². The van der Waals surface area contributed by atoms with E-state index in [1.54, 1.807) is 30.3 Å². The average molecular weight is 354 g/mol. The standard InChI is InChI=1S/C20H18O6/c1-2-19(23)26-17-5-3-4-14(13-17)15-6-8-18(22)16(12-15)7-9-20(24)25-11-10-21/h2-9,12-13,21-22H,1,10-11H2. The van der Waals surface area contributed by atoms with Crippen molar-refractivity contribution in [2.24, 2.45) is 0 Å². The Kier molecular flexibility index (Phi) is 6.70. The second-order valence-electron chi connectivity index (χ2n) is 5.15. The lowest BCUT2D eigenvalue weighted by Crippen LogP contribution is -2.04. The van der Waals surface area contributed by atoms with Crippen LogP contribution in [0.1, 0.15) is 5.56 Å². The molecule has 0 saturated carbocycles. The summed E-state index contributed by atoms with van der Waals surface area (Å²) < 4.78 is 9.81. The maximum absolute atomic E-state index is 11.5. The molecule has 0 aliphatic carbocycles. The van der Waals surface area contributed by atoms with Crippen LogP contribution in [0.2, 0.25) is 0 Å².